The molecular formula is C44H49BClNO6SSi. The lowest BCUT2D eigenvalue weighted by atomic mass is 9.58. The summed E-state index contributed by atoms with van der Waals surface area (Å²) in [5.41, 5.74) is 3.96. The number of aromatic hydroxyl groups is 1. The fourth-order valence-corrected chi connectivity index (χ4v) is 14.6. The summed E-state index contributed by atoms with van der Waals surface area (Å²) in [5, 5.41) is 25.7. The number of hydrogen-bond acceptors (Lipinski definition) is 7. The Bertz CT molecular complexity index is 2030. The van der Waals surface area contributed by atoms with E-state index < -0.39 is 33.4 Å². The third-order valence-electron chi connectivity index (χ3n) is 11.7. The Balaban J connectivity index is 1.29. The summed E-state index contributed by atoms with van der Waals surface area (Å²) in [6.07, 6.45) is 4.21. The third kappa shape index (κ3) is 7.82. The number of halogens is 1. The number of imide groups is 1. The Labute approximate surface area is 334 Å². The van der Waals surface area contributed by atoms with Gasteiger partial charge in [0.15, 0.2) is 0 Å². The first-order valence-corrected chi connectivity index (χ1v) is 22.4. The summed E-state index contributed by atoms with van der Waals surface area (Å²) in [7, 11) is -4.04. The number of benzene rings is 3. The molecule has 11 heteroatoms. The number of carbonyl (C=O) groups is 2. The summed E-state index contributed by atoms with van der Waals surface area (Å²) in [4.78, 5) is 31.0. The van der Waals surface area contributed by atoms with Crippen LogP contribution < -0.4 is 10.4 Å². The van der Waals surface area contributed by atoms with Gasteiger partial charge < -0.3 is 19.2 Å². The molecule has 1 aliphatic carbocycles. The van der Waals surface area contributed by atoms with Crippen LogP contribution in [0.3, 0.4) is 0 Å². The van der Waals surface area contributed by atoms with Gasteiger partial charge >= 0.3 is 7.12 Å². The monoisotopic (exact) mass is 793 g/mol. The molecule has 7 rings (SSSR count). The van der Waals surface area contributed by atoms with E-state index in [0.29, 0.717) is 24.3 Å². The quantitative estimate of drug-likeness (QED) is 0.0853. The molecule has 2 saturated heterocycles. The second-order valence-corrected chi connectivity index (χ2v) is 21.8. The molecule has 2 amide bonds. The maximum Gasteiger partial charge on any atom is 0.455 e. The average molecular weight is 794 g/mol. The van der Waals surface area contributed by atoms with Crippen LogP contribution in [-0.4, -0.2) is 55.0 Å². The van der Waals surface area contributed by atoms with E-state index in [0.717, 1.165) is 44.0 Å². The number of thiophene rings is 1. The van der Waals surface area contributed by atoms with Crippen LogP contribution in [0.5, 0.6) is 5.75 Å². The highest BCUT2D eigenvalue weighted by Gasteiger charge is 2.58. The Morgan fingerprint density at radius 1 is 1.00 bits per heavy atom. The second-order valence-electron chi connectivity index (χ2n) is 16.0. The van der Waals surface area contributed by atoms with Crippen molar-refractivity contribution in [3.05, 3.63) is 129 Å². The van der Waals surface area contributed by atoms with Gasteiger partial charge in [-0.05, 0) is 99.7 Å². The predicted molar refractivity (Wildman–Crippen MR) is 224 cm³/mol. The fourth-order valence-electron chi connectivity index (χ4n) is 9.15. The van der Waals surface area contributed by atoms with E-state index in [1.165, 1.54) is 22.3 Å². The van der Waals surface area contributed by atoms with Gasteiger partial charge in [0, 0.05) is 4.88 Å². The van der Waals surface area contributed by atoms with E-state index in [1.54, 1.807) is 12.1 Å². The van der Waals surface area contributed by atoms with E-state index in [4.69, 9.17) is 20.7 Å². The number of phenols is 1. The van der Waals surface area contributed by atoms with Gasteiger partial charge in [-0.1, -0.05) is 118 Å². The third-order valence-corrected chi connectivity index (χ3v) is 17.9. The molecule has 4 atom stereocenters. The van der Waals surface area contributed by atoms with Gasteiger partial charge in [0.05, 0.1) is 36.1 Å². The number of nitrogens with zero attached hydrogens (tertiary/aromatic N) is 1. The van der Waals surface area contributed by atoms with E-state index >= 15 is 0 Å². The van der Waals surface area contributed by atoms with Crippen molar-refractivity contribution in [3.63, 3.8) is 0 Å². The Morgan fingerprint density at radius 3 is 2.29 bits per heavy atom. The molecule has 1 aromatic heterocycles. The summed E-state index contributed by atoms with van der Waals surface area (Å²) in [5.74, 6) is -1.67. The highest BCUT2D eigenvalue weighted by Crippen LogP contribution is 2.51. The molecule has 0 saturated carbocycles. The number of hydrogen-bond donors (Lipinski definition) is 2. The molecule has 286 valence electrons. The van der Waals surface area contributed by atoms with Crippen LogP contribution in [0.2, 0.25) is 16.4 Å². The SMILES string of the molecule is CC/C(=C\c1ccc(O)cc1Cl)CC[C@H]1OB(O)C[C@H]2C1=C(CO[Si](c1ccccc1)(c1ccccc1)C(C)(C)C)C[C@H]1C(=O)N(Cc3cccs3)C(=O)[C@H]12. The van der Waals surface area contributed by atoms with Crippen LogP contribution in [0.15, 0.2) is 113 Å². The van der Waals surface area contributed by atoms with E-state index in [-0.39, 0.29) is 48.0 Å². The molecule has 3 heterocycles. The average Bonchev–Trinajstić information content (AvgIpc) is 3.77. The lowest BCUT2D eigenvalue weighted by Gasteiger charge is -2.46. The zero-order chi connectivity index (χ0) is 38.9. The van der Waals surface area contributed by atoms with Crippen molar-refractivity contribution in [1.82, 2.24) is 4.90 Å². The lowest BCUT2D eigenvalue weighted by molar-refractivity contribution is -0.140. The number of carbonyl (C=O) groups excluding carboxylic acids is 2. The molecule has 2 aliphatic heterocycles. The standard InChI is InChI=1S/C44H49BClNO6SSi/c1-5-29(23-30-19-20-32(48)25-38(30)46)18-21-39-40-31(28-52-55(44(2,3)4,34-14-8-6-9-15-34)35-16-10-7-11-17-35)24-36-41(37(40)26-45(51)53-39)43(50)47(42(36)49)27-33-13-12-22-54-33/h6-17,19-20,22-23,25,36-37,39,41,48,51H,5,18,21,24,26-28H2,1-4H3/b29-23+/t36-,37+,39-,41-/m1/s1. The van der Waals surface area contributed by atoms with Crippen molar-refractivity contribution in [2.24, 2.45) is 17.8 Å². The van der Waals surface area contributed by atoms with Crippen LogP contribution in [0, 0.1) is 17.8 Å². The van der Waals surface area contributed by atoms with Gasteiger partial charge in [-0.2, -0.15) is 0 Å². The van der Waals surface area contributed by atoms with Crippen molar-refractivity contribution < 1.29 is 28.8 Å². The van der Waals surface area contributed by atoms with Crippen LogP contribution in [0.4, 0.5) is 0 Å². The molecule has 7 nitrogen and oxygen atoms in total. The Hall–Kier alpha value is -3.77. The van der Waals surface area contributed by atoms with Gasteiger partial charge in [-0.25, -0.2) is 0 Å². The minimum atomic E-state index is -2.97. The van der Waals surface area contributed by atoms with E-state index in [1.807, 2.05) is 29.6 Å². The van der Waals surface area contributed by atoms with Crippen molar-refractivity contribution in [2.45, 2.75) is 77.4 Å². The zero-order valence-electron chi connectivity index (χ0n) is 31.9. The maximum atomic E-state index is 14.3. The molecule has 4 aromatic rings. The molecule has 3 aliphatic rings. The first-order chi connectivity index (χ1) is 26.4. The van der Waals surface area contributed by atoms with Crippen molar-refractivity contribution in [1.29, 1.82) is 0 Å². The highest BCUT2D eigenvalue weighted by atomic mass is 35.5. The molecule has 3 aromatic carbocycles. The lowest BCUT2D eigenvalue weighted by Crippen LogP contribution is -2.66. The number of phenolic OH excluding ortho intramolecular Hbond substituents is 1. The first kappa shape index (κ1) is 39.5. The normalized spacial score (nSPS) is 22.0. The zero-order valence-corrected chi connectivity index (χ0v) is 34.5. The molecule has 2 N–H and O–H groups in total. The Kier molecular flexibility index (Phi) is 11.7. The van der Waals surface area contributed by atoms with Gasteiger partial charge in [-0.15, -0.1) is 11.3 Å². The van der Waals surface area contributed by atoms with Gasteiger partial charge in [-0.3, -0.25) is 14.5 Å². The summed E-state index contributed by atoms with van der Waals surface area (Å²) in [6.45, 7) is 9.38. The first-order valence-electron chi connectivity index (χ1n) is 19.3. The van der Waals surface area contributed by atoms with Gasteiger partial charge in [0.2, 0.25) is 11.8 Å². The topological polar surface area (TPSA) is 96.3 Å². The number of rotatable bonds is 12. The molecule has 2 fully saturated rings. The number of amides is 2. The van der Waals surface area contributed by atoms with Gasteiger partial charge in [0.25, 0.3) is 8.32 Å². The fraction of sp³-hybridized carbons (Fsp3) is 0.364. The smallest absolute Gasteiger partial charge is 0.455 e. The number of allylic oxidation sites excluding steroid dienone is 1. The summed E-state index contributed by atoms with van der Waals surface area (Å²) < 4.78 is 13.9. The molecular weight excluding hydrogens is 745 g/mol. The minimum absolute atomic E-state index is 0.111. The van der Waals surface area contributed by atoms with Crippen molar-refractivity contribution >= 4 is 66.6 Å². The predicted octanol–water partition coefficient (Wildman–Crippen LogP) is 8.25. The maximum absolute atomic E-state index is 14.3. The minimum Gasteiger partial charge on any atom is -0.508 e. The summed E-state index contributed by atoms with van der Waals surface area (Å²) >= 11 is 8.03. The molecule has 0 radical (unpaired) electrons. The molecule has 0 unspecified atom stereocenters. The number of fused-ring (bicyclic) bond motifs is 3. The Morgan fingerprint density at radius 2 is 1.69 bits per heavy atom. The second kappa shape index (κ2) is 16.4. The molecule has 0 bridgehead atoms. The number of likely N-dealkylation sites (tertiary alicyclic amines) is 1. The van der Waals surface area contributed by atoms with Crippen LogP contribution in [0.1, 0.15) is 63.8 Å². The highest BCUT2D eigenvalue weighted by molar-refractivity contribution is 7.09. The van der Waals surface area contributed by atoms with Crippen LogP contribution in [-0.2, 0) is 25.2 Å². The largest absolute Gasteiger partial charge is 0.508 e. The van der Waals surface area contributed by atoms with Crippen molar-refractivity contribution in [2.75, 3.05) is 6.61 Å². The summed E-state index contributed by atoms with van der Waals surface area (Å²) in [6, 6.07) is 29.9. The van der Waals surface area contributed by atoms with E-state index in [2.05, 4.69) is 82.3 Å². The van der Waals surface area contributed by atoms with Crippen molar-refractivity contribution in [3.8, 4) is 5.75 Å². The van der Waals surface area contributed by atoms with Crippen LogP contribution >= 0.6 is 22.9 Å². The van der Waals surface area contributed by atoms with E-state index in [9.17, 15) is 19.7 Å². The van der Waals surface area contributed by atoms with Crippen LogP contribution in [0.25, 0.3) is 6.08 Å². The molecule has 0 spiro atoms. The molecule has 55 heavy (non-hydrogen) atoms. The van der Waals surface area contributed by atoms with Gasteiger partial charge in [0.1, 0.15) is 5.75 Å².